The Morgan fingerprint density at radius 2 is 2.03 bits per heavy atom. The van der Waals surface area contributed by atoms with Gasteiger partial charge in [-0.25, -0.2) is 9.37 Å². The van der Waals surface area contributed by atoms with E-state index in [9.17, 15) is 9.18 Å². The van der Waals surface area contributed by atoms with Crippen molar-refractivity contribution in [2.24, 2.45) is 0 Å². The number of halogens is 2. The van der Waals surface area contributed by atoms with Crippen LogP contribution in [0.2, 0.25) is 5.02 Å². The van der Waals surface area contributed by atoms with Crippen LogP contribution in [-0.4, -0.2) is 29.0 Å². The second-order valence-corrected chi connectivity index (χ2v) is 6.81. The van der Waals surface area contributed by atoms with Crippen LogP contribution < -0.4 is 20.3 Å². The van der Waals surface area contributed by atoms with Gasteiger partial charge in [-0.15, -0.1) is 0 Å². The molecule has 0 fully saturated rings. The number of fused-ring (bicyclic) bond motifs is 1. The average Bonchev–Trinajstić information content (AvgIpc) is 2.75. The van der Waals surface area contributed by atoms with Crippen LogP contribution >= 0.6 is 11.6 Å². The van der Waals surface area contributed by atoms with Crippen LogP contribution in [-0.2, 0) is 4.79 Å². The number of nitrogens with zero attached hydrogens (tertiary/aromatic N) is 3. The molecule has 2 aromatic carbocycles. The van der Waals surface area contributed by atoms with E-state index in [-0.39, 0.29) is 25.1 Å². The van der Waals surface area contributed by atoms with E-state index in [1.807, 2.05) is 0 Å². The summed E-state index contributed by atoms with van der Waals surface area (Å²) < 4.78 is 19.8. The summed E-state index contributed by atoms with van der Waals surface area (Å²) in [6.45, 7) is 4.36. The van der Waals surface area contributed by atoms with Gasteiger partial charge in [0.2, 0.25) is 5.95 Å². The van der Waals surface area contributed by atoms with Crippen molar-refractivity contribution in [1.29, 1.82) is 0 Å². The zero-order chi connectivity index (χ0) is 21.1. The fraction of sp³-hybridized carbons (Fsp3) is 0.136. The van der Waals surface area contributed by atoms with Gasteiger partial charge in [-0.05, 0) is 42.5 Å². The highest BCUT2D eigenvalue weighted by Gasteiger charge is 2.22. The summed E-state index contributed by atoms with van der Waals surface area (Å²) in [7, 11) is 0. The molecule has 0 saturated carbocycles. The summed E-state index contributed by atoms with van der Waals surface area (Å²) in [6.07, 6.45) is 2.32. The van der Waals surface area contributed by atoms with Gasteiger partial charge in [-0.1, -0.05) is 31.7 Å². The highest BCUT2D eigenvalue weighted by atomic mass is 35.5. The Morgan fingerprint density at radius 3 is 2.81 bits per heavy atom. The first-order valence-corrected chi connectivity index (χ1v) is 9.44. The molecule has 0 radical (unpaired) electrons. The van der Waals surface area contributed by atoms with Crippen molar-refractivity contribution in [2.75, 3.05) is 28.7 Å². The minimum atomic E-state index is -0.609. The van der Waals surface area contributed by atoms with Crippen LogP contribution in [0.5, 0.6) is 5.75 Å². The third-order valence-corrected chi connectivity index (χ3v) is 4.59. The molecule has 0 aliphatic carbocycles. The SMILES string of the molecule is C.C=CC(=O)N1CCOc2ccc(Nc3ncc(F)c(Nc4cccc(Cl)c4)n3)cc21. The number of hydrogen-bond donors (Lipinski definition) is 2. The van der Waals surface area contributed by atoms with Crippen molar-refractivity contribution in [3.8, 4) is 5.75 Å². The number of carbonyl (C=O) groups excluding carboxylic acids is 1. The predicted molar refractivity (Wildman–Crippen MR) is 121 cm³/mol. The molecule has 0 atom stereocenters. The third kappa shape index (κ3) is 4.92. The van der Waals surface area contributed by atoms with Crippen LogP contribution in [0, 0.1) is 5.82 Å². The van der Waals surface area contributed by atoms with E-state index in [0.29, 0.717) is 41.0 Å². The van der Waals surface area contributed by atoms with Gasteiger partial charge in [0.25, 0.3) is 5.91 Å². The van der Waals surface area contributed by atoms with Gasteiger partial charge in [0.05, 0.1) is 18.4 Å². The van der Waals surface area contributed by atoms with Gasteiger partial charge in [-0.2, -0.15) is 4.98 Å². The van der Waals surface area contributed by atoms with Crippen molar-refractivity contribution >= 4 is 46.3 Å². The van der Waals surface area contributed by atoms with Gasteiger partial charge in [0, 0.05) is 16.4 Å². The van der Waals surface area contributed by atoms with Crippen molar-refractivity contribution in [3.05, 3.63) is 72.2 Å². The largest absolute Gasteiger partial charge is 0.490 e. The number of nitrogens with one attached hydrogen (secondary N) is 2. The molecule has 31 heavy (non-hydrogen) atoms. The zero-order valence-corrected chi connectivity index (χ0v) is 16.5. The van der Waals surface area contributed by atoms with Gasteiger partial charge >= 0.3 is 0 Å². The van der Waals surface area contributed by atoms with Crippen molar-refractivity contribution < 1.29 is 13.9 Å². The van der Waals surface area contributed by atoms with E-state index < -0.39 is 5.82 Å². The van der Waals surface area contributed by atoms with E-state index in [0.717, 1.165) is 6.20 Å². The van der Waals surface area contributed by atoms with Crippen LogP contribution in [0.15, 0.2) is 61.3 Å². The predicted octanol–water partition coefficient (Wildman–Crippen LogP) is 5.30. The number of amides is 1. The zero-order valence-electron chi connectivity index (χ0n) is 15.7. The molecule has 0 saturated heterocycles. The molecule has 2 heterocycles. The Morgan fingerprint density at radius 1 is 1.23 bits per heavy atom. The molecule has 1 aromatic heterocycles. The number of hydrogen-bond acceptors (Lipinski definition) is 6. The molecule has 0 unspecified atom stereocenters. The monoisotopic (exact) mass is 441 g/mol. The topological polar surface area (TPSA) is 79.4 Å². The summed E-state index contributed by atoms with van der Waals surface area (Å²) in [4.78, 5) is 21.9. The van der Waals surface area contributed by atoms with E-state index in [2.05, 4.69) is 27.2 Å². The summed E-state index contributed by atoms with van der Waals surface area (Å²) >= 11 is 5.97. The van der Waals surface area contributed by atoms with Crippen molar-refractivity contribution in [1.82, 2.24) is 9.97 Å². The standard InChI is InChI=1S/C21H17ClFN5O2.CH4/c1-2-19(29)28-8-9-30-18-7-6-15(11-17(18)28)26-21-24-12-16(23)20(27-21)25-14-5-3-4-13(22)10-14;/h2-7,10-12H,1,8-9H2,(H2,24,25,26,27);1H4. The van der Waals surface area contributed by atoms with Gasteiger partial charge in [0.15, 0.2) is 11.6 Å². The summed E-state index contributed by atoms with van der Waals surface area (Å²) in [5, 5.41) is 6.42. The van der Waals surface area contributed by atoms with E-state index in [1.54, 1.807) is 47.4 Å². The highest BCUT2D eigenvalue weighted by molar-refractivity contribution is 6.30. The van der Waals surface area contributed by atoms with E-state index >= 15 is 0 Å². The lowest BCUT2D eigenvalue weighted by Crippen LogP contribution is -2.36. The fourth-order valence-corrected chi connectivity index (χ4v) is 3.17. The Hall–Kier alpha value is -3.65. The number of carbonyl (C=O) groups is 1. The normalized spacial score (nSPS) is 12.1. The summed E-state index contributed by atoms with van der Waals surface area (Å²) in [6, 6.07) is 12.1. The Labute approximate surface area is 184 Å². The molecule has 0 bridgehead atoms. The average molecular weight is 442 g/mol. The first kappa shape index (κ1) is 22.0. The van der Waals surface area contributed by atoms with Gasteiger partial charge in [0.1, 0.15) is 12.4 Å². The minimum absolute atomic E-state index is 0. The van der Waals surface area contributed by atoms with E-state index in [4.69, 9.17) is 16.3 Å². The second-order valence-electron chi connectivity index (χ2n) is 6.38. The lowest BCUT2D eigenvalue weighted by atomic mass is 10.2. The number of rotatable bonds is 5. The molecule has 0 spiro atoms. The molecular formula is C22H21ClFN5O2. The van der Waals surface area contributed by atoms with Crippen LogP contribution in [0.3, 0.4) is 0 Å². The summed E-state index contributed by atoms with van der Waals surface area (Å²) in [5.41, 5.74) is 1.81. The molecule has 9 heteroatoms. The molecule has 1 aliphatic heterocycles. The second kappa shape index (κ2) is 9.44. The van der Waals surface area contributed by atoms with Crippen LogP contribution in [0.25, 0.3) is 0 Å². The molecule has 1 amide bonds. The van der Waals surface area contributed by atoms with E-state index in [1.165, 1.54) is 6.08 Å². The van der Waals surface area contributed by atoms with Crippen LogP contribution in [0.4, 0.5) is 33.2 Å². The quantitative estimate of drug-likeness (QED) is 0.523. The lowest BCUT2D eigenvalue weighted by molar-refractivity contribution is -0.114. The molecule has 1 aliphatic rings. The molecule has 2 N–H and O–H groups in total. The Bertz CT molecular complexity index is 1120. The van der Waals surface area contributed by atoms with Crippen molar-refractivity contribution in [2.45, 2.75) is 7.43 Å². The van der Waals surface area contributed by atoms with Crippen molar-refractivity contribution in [3.63, 3.8) is 0 Å². The first-order valence-electron chi connectivity index (χ1n) is 9.06. The lowest BCUT2D eigenvalue weighted by Gasteiger charge is -2.29. The fourth-order valence-electron chi connectivity index (χ4n) is 2.98. The number of ether oxygens (including phenoxy) is 1. The maximum atomic E-state index is 14.2. The Balaban J connectivity index is 0.00000272. The number of anilines is 5. The van der Waals surface area contributed by atoms with Gasteiger partial charge in [-0.3, -0.25) is 4.79 Å². The maximum Gasteiger partial charge on any atom is 0.250 e. The number of benzene rings is 2. The number of aromatic nitrogens is 2. The molecular weight excluding hydrogens is 421 g/mol. The van der Waals surface area contributed by atoms with Gasteiger partial charge < -0.3 is 20.3 Å². The maximum absolute atomic E-state index is 14.2. The molecule has 7 nitrogen and oxygen atoms in total. The smallest absolute Gasteiger partial charge is 0.250 e. The Kier molecular flexibility index (Phi) is 6.71. The molecule has 160 valence electrons. The minimum Gasteiger partial charge on any atom is -0.490 e. The molecule has 4 rings (SSSR count). The summed E-state index contributed by atoms with van der Waals surface area (Å²) in [5.74, 6) is -0.0612. The van der Waals surface area contributed by atoms with Crippen LogP contribution in [0.1, 0.15) is 7.43 Å². The first-order chi connectivity index (χ1) is 14.5. The third-order valence-electron chi connectivity index (χ3n) is 4.35. The highest BCUT2D eigenvalue weighted by Crippen LogP contribution is 2.35. The molecule has 3 aromatic rings.